The van der Waals surface area contributed by atoms with Crippen LogP contribution in [0.2, 0.25) is 0 Å². The number of fused-ring (bicyclic) bond motifs is 2. The van der Waals surface area contributed by atoms with Crippen molar-refractivity contribution in [2.75, 3.05) is 33.0 Å². The van der Waals surface area contributed by atoms with Crippen molar-refractivity contribution in [2.24, 2.45) is 4.99 Å². The molecule has 2 aromatic rings. The van der Waals surface area contributed by atoms with Crippen LogP contribution in [0.1, 0.15) is 42.4 Å². The molecule has 2 aromatic carbocycles. The summed E-state index contributed by atoms with van der Waals surface area (Å²) in [6.07, 6.45) is 5.71. The molecular weight excluding hydrogens is 464 g/mol. The van der Waals surface area contributed by atoms with Crippen LogP contribution < -0.4 is 20.1 Å². The number of nitrogens with zero attached hydrogens (tertiary/aromatic N) is 2. The summed E-state index contributed by atoms with van der Waals surface area (Å²) in [4.78, 5) is 5.24. The van der Waals surface area contributed by atoms with Gasteiger partial charge < -0.3 is 20.1 Å². The maximum atomic E-state index is 13.5. The van der Waals surface area contributed by atoms with Gasteiger partial charge in [-0.15, -0.1) is 0 Å². The van der Waals surface area contributed by atoms with Gasteiger partial charge in [-0.3, -0.25) is 4.99 Å². The molecule has 0 saturated carbocycles. The lowest BCUT2D eigenvalue weighted by atomic mass is 9.85. The molecule has 8 nitrogen and oxygen atoms in total. The minimum Gasteiger partial charge on any atom is -0.454 e. The smallest absolute Gasteiger partial charge is 0.243 e. The summed E-state index contributed by atoms with van der Waals surface area (Å²) in [5, 5.41) is 7.19. The van der Waals surface area contributed by atoms with Crippen LogP contribution >= 0.6 is 0 Å². The summed E-state index contributed by atoms with van der Waals surface area (Å²) >= 11 is 0. The lowest BCUT2D eigenvalue weighted by Crippen LogP contribution is -2.64. The summed E-state index contributed by atoms with van der Waals surface area (Å²) in [7, 11) is -3.51. The van der Waals surface area contributed by atoms with Gasteiger partial charge >= 0.3 is 0 Å². The molecule has 3 aliphatic heterocycles. The SMILES string of the molecule is O=S(=O)(c1ccc2c(c1)CCCC2)N1CCC2(CC1)NCCN=C2NCc1ccc2c(c1)OCO2. The van der Waals surface area contributed by atoms with E-state index in [9.17, 15) is 8.42 Å². The molecule has 9 heteroatoms. The Morgan fingerprint density at radius 3 is 2.66 bits per heavy atom. The first kappa shape index (κ1) is 22.8. The molecule has 1 saturated heterocycles. The molecule has 35 heavy (non-hydrogen) atoms. The number of aliphatic imine (C=N–C) groups is 1. The third-order valence-corrected chi connectivity index (χ3v) is 9.62. The number of rotatable bonds is 4. The van der Waals surface area contributed by atoms with Crippen LogP contribution in [0.15, 0.2) is 46.3 Å². The predicted molar refractivity (Wildman–Crippen MR) is 134 cm³/mol. The standard InChI is InChI=1S/C26H32N4O4S/c31-35(32,22-7-6-20-3-1-2-4-21(20)16-22)30-13-9-26(10-14-30)25(27-11-12-29-26)28-17-19-5-8-23-24(15-19)34-18-33-23/h5-8,15-16,29H,1-4,9-14,17-18H2,(H,27,28). The topological polar surface area (TPSA) is 92.3 Å². The van der Waals surface area contributed by atoms with Crippen LogP contribution in [-0.4, -0.2) is 57.1 Å². The summed E-state index contributed by atoms with van der Waals surface area (Å²) in [5.74, 6) is 2.46. The number of hydrogen-bond donors (Lipinski definition) is 2. The number of nitrogens with one attached hydrogen (secondary N) is 2. The zero-order chi connectivity index (χ0) is 23.9. The summed E-state index contributed by atoms with van der Waals surface area (Å²) < 4.78 is 39.5. The average molecular weight is 497 g/mol. The van der Waals surface area contributed by atoms with E-state index in [0.29, 0.717) is 43.9 Å². The van der Waals surface area contributed by atoms with Crippen LogP contribution in [0.4, 0.5) is 0 Å². The molecule has 0 bridgehead atoms. The molecule has 2 N–H and O–H groups in total. The largest absolute Gasteiger partial charge is 0.454 e. The Balaban J connectivity index is 1.14. The highest BCUT2D eigenvalue weighted by Crippen LogP contribution is 2.33. The van der Waals surface area contributed by atoms with Gasteiger partial charge in [-0.1, -0.05) is 12.1 Å². The van der Waals surface area contributed by atoms with Crippen molar-refractivity contribution in [3.8, 4) is 11.5 Å². The van der Waals surface area contributed by atoms with Gasteiger partial charge in [0.1, 0.15) is 5.84 Å². The summed E-state index contributed by atoms with van der Waals surface area (Å²) in [5.41, 5.74) is 3.26. The average Bonchev–Trinajstić information content (AvgIpc) is 3.36. The molecule has 0 aromatic heterocycles. The van der Waals surface area contributed by atoms with Gasteiger partial charge in [0.25, 0.3) is 0 Å². The van der Waals surface area contributed by atoms with Crippen molar-refractivity contribution in [2.45, 2.75) is 55.5 Å². The van der Waals surface area contributed by atoms with Gasteiger partial charge in [-0.05, 0) is 79.5 Å². The molecule has 0 unspecified atom stereocenters. The van der Waals surface area contributed by atoms with Gasteiger partial charge in [-0.2, -0.15) is 4.31 Å². The van der Waals surface area contributed by atoms with E-state index in [1.54, 1.807) is 10.4 Å². The molecule has 6 rings (SSSR count). The Labute approximate surface area is 206 Å². The first-order valence-electron chi connectivity index (χ1n) is 12.6. The fraction of sp³-hybridized carbons (Fsp3) is 0.500. The third kappa shape index (κ3) is 4.30. The molecule has 0 atom stereocenters. The Bertz CT molecular complexity index is 1250. The van der Waals surface area contributed by atoms with Crippen molar-refractivity contribution in [1.29, 1.82) is 0 Å². The summed E-state index contributed by atoms with van der Waals surface area (Å²) in [6, 6.07) is 11.7. The van der Waals surface area contributed by atoms with E-state index in [-0.39, 0.29) is 12.3 Å². The zero-order valence-electron chi connectivity index (χ0n) is 19.9. The Hall–Kier alpha value is -2.62. The lowest BCUT2D eigenvalue weighted by Gasteiger charge is -2.44. The van der Waals surface area contributed by atoms with Crippen molar-refractivity contribution in [1.82, 2.24) is 14.9 Å². The van der Waals surface area contributed by atoms with Crippen molar-refractivity contribution in [3.63, 3.8) is 0 Å². The van der Waals surface area contributed by atoms with Crippen LogP contribution in [-0.2, 0) is 29.4 Å². The van der Waals surface area contributed by atoms with E-state index >= 15 is 0 Å². The van der Waals surface area contributed by atoms with E-state index in [4.69, 9.17) is 14.5 Å². The molecule has 1 spiro atoms. The maximum Gasteiger partial charge on any atom is 0.243 e. The number of piperidine rings is 1. The molecule has 3 heterocycles. The van der Waals surface area contributed by atoms with Gasteiger partial charge in [0.2, 0.25) is 16.8 Å². The van der Waals surface area contributed by atoms with Crippen molar-refractivity contribution < 1.29 is 17.9 Å². The van der Waals surface area contributed by atoms with Crippen molar-refractivity contribution in [3.05, 3.63) is 53.1 Å². The Kier molecular flexibility index (Phi) is 5.94. The number of hydrogen-bond acceptors (Lipinski definition) is 7. The highest BCUT2D eigenvalue weighted by atomic mass is 32.2. The minimum absolute atomic E-state index is 0.261. The Morgan fingerprint density at radius 1 is 1.00 bits per heavy atom. The first-order chi connectivity index (χ1) is 17.0. The van der Waals surface area contributed by atoms with E-state index in [2.05, 4.69) is 10.6 Å². The van der Waals surface area contributed by atoms with Crippen LogP contribution in [0.25, 0.3) is 0 Å². The number of benzene rings is 2. The molecule has 186 valence electrons. The second-order valence-electron chi connectivity index (χ2n) is 9.82. The van der Waals surface area contributed by atoms with Crippen LogP contribution in [0.3, 0.4) is 0 Å². The maximum absolute atomic E-state index is 13.5. The number of sulfonamides is 1. The number of ether oxygens (including phenoxy) is 2. The van der Waals surface area contributed by atoms with Gasteiger partial charge in [0.05, 0.1) is 17.0 Å². The first-order valence-corrected chi connectivity index (χ1v) is 14.0. The second kappa shape index (κ2) is 9.11. The monoisotopic (exact) mass is 496 g/mol. The van der Waals surface area contributed by atoms with Crippen molar-refractivity contribution >= 4 is 15.9 Å². The highest BCUT2D eigenvalue weighted by Gasteiger charge is 2.43. The van der Waals surface area contributed by atoms with Gasteiger partial charge in [0, 0.05) is 26.2 Å². The van der Waals surface area contributed by atoms with Crippen LogP contribution in [0.5, 0.6) is 11.5 Å². The second-order valence-corrected chi connectivity index (χ2v) is 11.8. The molecule has 4 aliphatic rings. The quantitative estimate of drug-likeness (QED) is 0.676. The van der Waals surface area contributed by atoms with Crippen LogP contribution in [0, 0.1) is 0 Å². The third-order valence-electron chi connectivity index (χ3n) is 7.73. The predicted octanol–water partition coefficient (Wildman–Crippen LogP) is 2.61. The molecule has 1 aliphatic carbocycles. The Morgan fingerprint density at radius 2 is 1.80 bits per heavy atom. The highest BCUT2D eigenvalue weighted by molar-refractivity contribution is 7.89. The molecular formula is C26H32N4O4S. The molecule has 0 amide bonds. The zero-order valence-corrected chi connectivity index (χ0v) is 20.7. The number of amidine groups is 1. The lowest BCUT2D eigenvalue weighted by molar-refractivity contribution is 0.174. The van der Waals surface area contributed by atoms with E-state index in [1.165, 1.54) is 17.5 Å². The minimum atomic E-state index is -3.51. The van der Waals surface area contributed by atoms with E-state index in [0.717, 1.165) is 48.7 Å². The number of aryl methyl sites for hydroxylation is 2. The van der Waals surface area contributed by atoms with E-state index < -0.39 is 10.0 Å². The fourth-order valence-electron chi connectivity index (χ4n) is 5.70. The normalized spacial score (nSPS) is 21.4. The van der Waals surface area contributed by atoms with Gasteiger partial charge in [-0.25, -0.2) is 8.42 Å². The summed E-state index contributed by atoms with van der Waals surface area (Å²) in [6.45, 7) is 3.33. The van der Waals surface area contributed by atoms with E-state index in [1.807, 2.05) is 30.3 Å². The molecule has 1 fully saturated rings. The van der Waals surface area contributed by atoms with Gasteiger partial charge in [0.15, 0.2) is 11.5 Å². The molecule has 0 radical (unpaired) electrons. The fourth-order valence-corrected chi connectivity index (χ4v) is 7.19.